The van der Waals surface area contributed by atoms with Gasteiger partial charge in [0.1, 0.15) is 5.82 Å². The van der Waals surface area contributed by atoms with E-state index in [4.69, 9.17) is 0 Å². The molecule has 0 saturated heterocycles. The van der Waals surface area contributed by atoms with Gasteiger partial charge in [0, 0.05) is 12.3 Å². The van der Waals surface area contributed by atoms with Gasteiger partial charge in [-0.25, -0.2) is 9.82 Å². The number of benzene rings is 1. The van der Waals surface area contributed by atoms with Crippen molar-refractivity contribution in [2.24, 2.45) is 11.0 Å². The largest absolute Gasteiger partial charge is 0.419 e. The Kier molecular flexibility index (Phi) is 3.30. The second-order valence-electron chi connectivity index (χ2n) is 4.33. The van der Waals surface area contributed by atoms with Crippen LogP contribution in [-0.4, -0.2) is 11.6 Å². The summed E-state index contributed by atoms with van der Waals surface area (Å²) >= 11 is 0. The van der Waals surface area contributed by atoms with Crippen LogP contribution in [0.1, 0.15) is 24.5 Å². The summed E-state index contributed by atoms with van der Waals surface area (Å²) in [6, 6.07) is 2.68. The molecule has 19 heavy (non-hydrogen) atoms. The molecule has 1 aromatic rings. The molecule has 1 heterocycles. The molecular formula is C12H10F4N2O. The van der Waals surface area contributed by atoms with Crippen LogP contribution in [0.15, 0.2) is 23.3 Å². The Labute approximate surface area is 106 Å². The monoisotopic (exact) mass is 274 g/mol. The van der Waals surface area contributed by atoms with Crippen LogP contribution in [0.2, 0.25) is 0 Å². The molecule has 0 unspecified atom stereocenters. The standard InChI is InChI=1S/C12H10F4N2O/c1-6-4-10(19)17-18-11(6)7-2-3-9(13)8(5-7)12(14,15)16/h2-3,5-6H,4H2,1H3,(H,17,19)/t6-/m1/s1. The molecule has 1 amide bonds. The second-order valence-corrected chi connectivity index (χ2v) is 4.33. The summed E-state index contributed by atoms with van der Waals surface area (Å²) in [5.41, 5.74) is 1.34. The minimum absolute atomic E-state index is 0.136. The van der Waals surface area contributed by atoms with Crippen molar-refractivity contribution in [1.29, 1.82) is 0 Å². The molecule has 0 fully saturated rings. The summed E-state index contributed by atoms with van der Waals surface area (Å²) < 4.78 is 51.0. The van der Waals surface area contributed by atoms with E-state index >= 15 is 0 Å². The first-order chi connectivity index (χ1) is 8.79. The van der Waals surface area contributed by atoms with E-state index in [1.807, 2.05) is 0 Å². The number of alkyl halides is 3. The maximum Gasteiger partial charge on any atom is 0.419 e. The van der Waals surface area contributed by atoms with Crippen LogP contribution in [0.25, 0.3) is 0 Å². The van der Waals surface area contributed by atoms with Crippen molar-refractivity contribution >= 4 is 11.6 Å². The molecule has 0 saturated carbocycles. The van der Waals surface area contributed by atoms with E-state index in [9.17, 15) is 22.4 Å². The van der Waals surface area contributed by atoms with Gasteiger partial charge in [0.25, 0.3) is 0 Å². The number of rotatable bonds is 1. The van der Waals surface area contributed by atoms with E-state index < -0.39 is 17.6 Å². The predicted octanol–water partition coefficient (Wildman–Crippen LogP) is 2.70. The maximum absolute atomic E-state index is 13.2. The average molecular weight is 274 g/mol. The van der Waals surface area contributed by atoms with E-state index in [0.29, 0.717) is 11.8 Å². The third-order valence-corrected chi connectivity index (χ3v) is 2.83. The van der Waals surface area contributed by atoms with Crippen molar-refractivity contribution in [2.75, 3.05) is 0 Å². The molecule has 0 spiro atoms. The normalized spacial score (nSPS) is 19.9. The van der Waals surface area contributed by atoms with Crippen molar-refractivity contribution in [1.82, 2.24) is 5.43 Å². The summed E-state index contributed by atoms with van der Waals surface area (Å²) in [5, 5.41) is 3.74. The van der Waals surface area contributed by atoms with Gasteiger partial charge in [-0.2, -0.15) is 18.3 Å². The van der Waals surface area contributed by atoms with E-state index in [1.54, 1.807) is 6.92 Å². The lowest BCUT2D eigenvalue weighted by Crippen LogP contribution is -2.32. The Bertz CT molecular complexity index is 551. The van der Waals surface area contributed by atoms with Gasteiger partial charge >= 0.3 is 6.18 Å². The number of nitrogens with zero attached hydrogens (tertiary/aromatic N) is 1. The highest BCUT2D eigenvalue weighted by atomic mass is 19.4. The summed E-state index contributed by atoms with van der Waals surface area (Å²) in [4.78, 5) is 11.1. The van der Waals surface area contributed by atoms with E-state index in [-0.39, 0.29) is 23.8 Å². The topological polar surface area (TPSA) is 41.5 Å². The fourth-order valence-electron chi connectivity index (χ4n) is 1.90. The third kappa shape index (κ3) is 2.74. The summed E-state index contributed by atoms with van der Waals surface area (Å²) in [5.74, 6) is -1.95. The summed E-state index contributed by atoms with van der Waals surface area (Å²) in [6.45, 7) is 1.67. The zero-order valence-electron chi connectivity index (χ0n) is 9.88. The molecule has 102 valence electrons. The zero-order chi connectivity index (χ0) is 14.2. The lowest BCUT2D eigenvalue weighted by molar-refractivity contribution is -0.140. The Hall–Kier alpha value is -1.92. The lowest BCUT2D eigenvalue weighted by Gasteiger charge is -2.20. The van der Waals surface area contributed by atoms with Gasteiger partial charge in [0.15, 0.2) is 0 Å². The van der Waals surface area contributed by atoms with Crippen LogP contribution < -0.4 is 5.43 Å². The first kappa shape index (κ1) is 13.5. The van der Waals surface area contributed by atoms with Crippen molar-refractivity contribution in [3.05, 3.63) is 35.1 Å². The van der Waals surface area contributed by atoms with Gasteiger partial charge in [-0.15, -0.1) is 0 Å². The summed E-state index contributed by atoms with van der Waals surface area (Å²) in [7, 11) is 0. The first-order valence-corrected chi connectivity index (χ1v) is 5.52. The molecule has 1 aliphatic rings. The van der Waals surface area contributed by atoms with Crippen LogP contribution in [0.5, 0.6) is 0 Å². The molecule has 0 radical (unpaired) electrons. The fraction of sp³-hybridized carbons (Fsp3) is 0.333. The second kappa shape index (κ2) is 4.64. The number of carbonyl (C=O) groups is 1. The quantitative estimate of drug-likeness (QED) is 0.786. The molecule has 1 atom stereocenters. The Morgan fingerprint density at radius 3 is 2.63 bits per heavy atom. The van der Waals surface area contributed by atoms with Crippen LogP contribution in [0.4, 0.5) is 17.6 Å². The van der Waals surface area contributed by atoms with Crippen LogP contribution in [0.3, 0.4) is 0 Å². The lowest BCUT2D eigenvalue weighted by atomic mass is 9.93. The van der Waals surface area contributed by atoms with E-state index in [1.165, 1.54) is 6.07 Å². The van der Waals surface area contributed by atoms with Gasteiger partial charge in [-0.05, 0) is 17.7 Å². The number of nitrogens with one attached hydrogen (secondary N) is 1. The van der Waals surface area contributed by atoms with Gasteiger partial charge in [-0.3, -0.25) is 4.79 Å². The Morgan fingerprint density at radius 2 is 2.05 bits per heavy atom. The minimum Gasteiger partial charge on any atom is -0.273 e. The molecule has 0 aliphatic carbocycles. The number of carbonyl (C=O) groups excluding carboxylic acids is 1. The first-order valence-electron chi connectivity index (χ1n) is 5.52. The molecule has 1 N–H and O–H groups in total. The van der Waals surface area contributed by atoms with Gasteiger partial charge < -0.3 is 0 Å². The SMILES string of the molecule is C[C@@H]1CC(=O)NN=C1c1ccc(F)c(C(F)(F)F)c1. The third-order valence-electron chi connectivity index (χ3n) is 2.83. The van der Waals surface area contributed by atoms with Gasteiger partial charge in [0.2, 0.25) is 5.91 Å². The summed E-state index contributed by atoms with van der Waals surface area (Å²) in [6.07, 6.45) is -4.63. The molecule has 1 aliphatic heterocycles. The molecule has 0 aromatic heterocycles. The highest BCUT2D eigenvalue weighted by Crippen LogP contribution is 2.32. The molecule has 7 heteroatoms. The Balaban J connectivity index is 2.45. The molecule has 0 bridgehead atoms. The smallest absolute Gasteiger partial charge is 0.273 e. The van der Waals surface area contributed by atoms with Gasteiger partial charge in [-0.1, -0.05) is 13.0 Å². The molecule has 2 rings (SSSR count). The molecular weight excluding hydrogens is 264 g/mol. The van der Waals surface area contributed by atoms with E-state index in [2.05, 4.69) is 10.5 Å². The Morgan fingerprint density at radius 1 is 1.37 bits per heavy atom. The molecule has 1 aromatic carbocycles. The van der Waals surface area contributed by atoms with Crippen LogP contribution in [0, 0.1) is 11.7 Å². The van der Waals surface area contributed by atoms with Crippen molar-refractivity contribution in [2.45, 2.75) is 19.5 Å². The maximum atomic E-state index is 13.2. The minimum atomic E-state index is -4.76. The number of hydrogen-bond acceptors (Lipinski definition) is 2. The number of hydrogen-bond donors (Lipinski definition) is 1. The van der Waals surface area contributed by atoms with Crippen molar-refractivity contribution < 1.29 is 22.4 Å². The fourth-order valence-corrected chi connectivity index (χ4v) is 1.90. The number of halogens is 4. The van der Waals surface area contributed by atoms with Gasteiger partial charge in [0.05, 0.1) is 11.3 Å². The van der Waals surface area contributed by atoms with Crippen molar-refractivity contribution in [3.8, 4) is 0 Å². The predicted molar refractivity (Wildman–Crippen MR) is 59.9 cm³/mol. The van der Waals surface area contributed by atoms with E-state index in [0.717, 1.165) is 6.07 Å². The highest BCUT2D eigenvalue weighted by Gasteiger charge is 2.35. The average Bonchev–Trinajstić information content (AvgIpc) is 2.29. The number of amides is 1. The zero-order valence-corrected chi connectivity index (χ0v) is 9.88. The van der Waals surface area contributed by atoms with Crippen LogP contribution >= 0.6 is 0 Å². The van der Waals surface area contributed by atoms with Crippen molar-refractivity contribution in [3.63, 3.8) is 0 Å². The molecule has 3 nitrogen and oxygen atoms in total. The highest BCUT2D eigenvalue weighted by molar-refractivity contribution is 6.05. The number of hydrazone groups is 1. The van der Waals surface area contributed by atoms with Crippen LogP contribution in [-0.2, 0) is 11.0 Å².